The number of nitrogens with zero attached hydrogens (tertiary/aromatic N) is 1. The summed E-state index contributed by atoms with van der Waals surface area (Å²) in [6.07, 6.45) is 0. The van der Waals surface area contributed by atoms with Gasteiger partial charge in [-0.25, -0.2) is 12.8 Å². The summed E-state index contributed by atoms with van der Waals surface area (Å²) in [6, 6.07) is 8.74. The lowest BCUT2D eigenvalue weighted by Gasteiger charge is -2.20. The smallest absolute Gasteiger partial charge is 0.347 e. The molecule has 5 N–H and O–H groups in total. The molecule has 0 amide bonds. The molecule has 0 bridgehead atoms. The van der Waals surface area contributed by atoms with Crippen LogP contribution in [0.2, 0.25) is 5.02 Å². The number of benzene rings is 2. The Balaban J connectivity index is 2.01. The van der Waals surface area contributed by atoms with Crippen molar-refractivity contribution in [3.8, 4) is 11.8 Å². The van der Waals surface area contributed by atoms with Gasteiger partial charge in [-0.3, -0.25) is 4.57 Å². The van der Waals surface area contributed by atoms with E-state index in [9.17, 15) is 27.2 Å². The number of hydrogen-bond acceptors (Lipinski definition) is 7. The highest BCUT2D eigenvalue weighted by Gasteiger charge is 2.36. The second-order valence-corrected chi connectivity index (χ2v) is 11.6. The monoisotopic (exact) mass is 519 g/mol. The zero-order valence-electron chi connectivity index (χ0n) is 16.0. The first-order chi connectivity index (χ1) is 15.0. The van der Waals surface area contributed by atoms with Crippen molar-refractivity contribution in [1.29, 1.82) is 5.26 Å². The van der Waals surface area contributed by atoms with Gasteiger partial charge in [0, 0.05) is 16.6 Å². The Labute approximate surface area is 191 Å². The first-order valence-electron chi connectivity index (χ1n) is 8.80. The normalized spacial score (nSPS) is 13.1. The van der Waals surface area contributed by atoms with E-state index in [0.29, 0.717) is 21.9 Å². The lowest BCUT2D eigenvalue weighted by molar-refractivity contribution is 0.329. The molecule has 9 nitrogen and oxygen atoms in total. The number of nitrogens with two attached hydrogens (primary N) is 1. The Kier molecular flexibility index (Phi) is 7.24. The SMILES string of the molecule is N#Cc1ccc(C(NS(=O)(=O)c2cc3c(Cl)c(OCCN)ccc3s2)P(=O)(O)O)cc1F. The van der Waals surface area contributed by atoms with Gasteiger partial charge in [0.1, 0.15) is 34.2 Å². The summed E-state index contributed by atoms with van der Waals surface area (Å²) in [5.41, 5.74) is 4.71. The van der Waals surface area contributed by atoms with Crippen LogP contribution >= 0.6 is 30.5 Å². The van der Waals surface area contributed by atoms with Crippen LogP contribution in [-0.4, -0.2) is 31.4 Å². The average molecular weight is 520 g/mol. The van der Waals surface area contributed by atoms with Crippen LogP contribution in [0.1, 0.15) is 16.9 Å². The number of nitriles is 1. The Hall–Kier alpha value is -2.07. The van der Waals surface area contributed by atoms with Crippen molar-refractivity contribution in [2.45, 2.75) is 9.99 Å². The van der Waals surface area contributed by atoms with E-state index < -0.39 is 29.2 Å². The van der Waals surface area contributed by atoms with E-state index in [0.717, 1.165) is 23.5 Å². The van der Waals surface area contributed by atoms with Crippen LogP contribution in [0.4, 0.5) is 4.39 Å². The van der Waals surface area contributed by atoms with Crippen LogP contribution in [0.3, 0.4) is 0 Å². The fourth-order valence-corrected chi connectivity index (χ4v) is 7.09. The largest absolute Gasteiger partial charge is 0.491 e. The second-order valence-electron chi connectivity index (χ2n) is 6.46. The lowest BCUT2D eigenvalue weighted by Crippen LogP contribution is -2.28. The number of fused-ring (bicyclic) bond motifs is 1. The van der Waals surface area contributed by atoms with Gasteiger partial charge >= 0.3 is 7.60 Å². The summed E-state index contributed by atoms with van der Waals surface area (Å²) < 4.78 is 59.4. The Morgan fingerprint density at radius 1 is 1.31 bits per heavy atom. The third-order valence-electron chi connectivity index (χ3n) is 4.25. The molecule has 0 saturated carbocycles. The molecule has 1 atom stereocenters. The molecule has 0 radical (unpaired) electrons. The number of thiophene rings is 1. The molecule has 32 heavy (non-hydrogen) atoms. The zero-order valence-corrected chi connectivity index (χ0v) is 19.3. The second kappa shape index (κ2) is 9.43. The van der Waals surface area contributed by atoms with Crippen molar-refractivity contribution in [2.24, 2.45) is 5.73 Å². The van der Waals surface area contributed by atoms with Crippen LogP contribution < -0.4 is 15.2 Å². The van der Waals surface area contributed by atoms with E-state index in [1.807, 2.05) is 4.72 Å². The van der Waals surface area contributed by atoms with E-state index in [1.54, 1.807) is 18.2 Å². The number of ether oxygens (including phenoxy) is 1. The maximum atomic E-state index is 14.0. The quantitative estimate of drug-likeness (QED) is 0.330. The number of sulfonamides is 1. The summed E-state index contributed by atoms with van der Waals surface area (Å²) in [5.74, 6) is -2.80. The number of rotatable bonds is 8. The Morgan fingerprint density at radius 3 is 2.62 bits per heavy atom. The van der Waals surface area contributed by atoms with Gasteiger partial charge in [0.05, 0.1) is 10.6 Å². The Morgan fingerprint density at radius 2 is 2.03 bits per heavy atom. The molecule has 0 saturated heterocycles. The highest BCUT2D eigenvalue weighted by atomic mass is 35.5. The number of nitrogens with one attached hydrogen (secondary N) is 1. The van der Waals surface area contributed by atoms with Crippen LogP contribution in [0, 0.1) is 17.1 Å². The zero-order chi connectivity index (χ0) is 23.7. The van der Waals surface area contributed by atoms with Gasteiger partial charge in [0.15, 0.2) is 0 Å². The molecule has 3 rings (SSSR count). The standard InChI is InChI=1S/C18H16ClFN3O6PS2/c19-17-12-8-16(31-15(12)4-3-14(17)29-6-5-21)32(27,28)23-18(30(24,25)26)10-1-2-11(9-22)13(20)7-10/h1-4,7-8,18,23H,5-6,21H2,(H2,24,25,26). The molecule has 0 spiro atoms. The molecule has 2 aromatic carbocycles. The summed E-state index contributed by atoms with van der Waals surface area (Å²) in [5, 5.41) is 9.35. The van der Waals surface area contributed by atoms with Crippen molar-refractivity contribution in [1.82, 2.24) is 4.72 Å². The summed E-state index contributed by atoms with van der Waals surface area (Å²) in [6.45, 7) is 0.453. The molecule has 3 aromatic rings. The van der Waals surface area contributed by atoms with Crippen molar-refractivity contribution in [3.63, 3.8) is 0 Å². The average Bonchev–Trinajstić information content (AvgIpc) is 3.17. The third kappa shape index (κ3) is 5.11. The van der Waals surface area contributed by atoms with Crippen molar-refractivity contribution in [3.05, 3.63) is 58.4 Å². The molecule has 0 aliphatic heterocycles. The molecular weight excluding hydrogens is 504 g/mol. The molecule has 14 heteroatoms. The number of halogens is 2. The highest BCUT2D eigenvalue weighted by molar-refractivity contribution is 7.92. The predicted molar refractivity (Wildman–Crippen MR) is 118 cm³/mol. The van der Waals surface area contributed by atoms with Gasteiger partial charge in [0.25, 0.3) is 10.0 Å². The topological polar surface area (TPSA) is 163 Å². The molecule has 1 aromatic heterocycles. The van der Waals surface area contributed by atoms with E-state index in [2.05, 4.69) is 0 Å². The minimum Gasteiger partial charge on any atom is -0.491 e. The van der Waals surface area contributed by atoms with Gasteiger partial charge in [-0.05, 0) is 35.9 Å². The summed E-state index contributed by atoms with van der Waals surface area (Å²) in [7, 11) is -9.57. The number of hydrogen-bond donors (Lipinski definition) is 4. The maximum absolute atomic E-state index is 14.0. The summed E-state index contributed by atoms with van der Waals surface area (Å²) in [4.78, 5) is 19.4. The molecule has 170 valence electrons. The van der Waals surface area contributed by atoms with Crippen LogP contribution in [0.15, 0.2) is 40.6 Å². The molecule has 0 fully saturated rings. The van der Waals surface area contributed by atoms with Gasteiger partial charge in [-0.2, -0.15) is 9.98 Å². The van der Waals surface area contributed by atoms with Crippen molar-refractivity contribution >= 4 is 50.6 Å². The third-order valence-corrected chi connectivity index (χ3v) is 8.91. The highest BCUT2D eigenvalue weighted by Crippen LogP contribution is 2.51. The molecule has 0 aliphatic rings. The molecular formula is C18H16ClFN3O6PS2. The minimum atomic E-state index is -5.12. The predicted octanol–water partition coefficient (Wildman–Crippen LogP) is 3.06. The van der Waals surface area contributed by atoms with Crippen LogP contribution in [-0.2, 0) is 14.6 Å². The maximum Gasteiger partial charge on any atom is 0.347 e. The minimum absolute atomic E-state index is 0.161. The van der Waals surface area contributed by atoms with E-state index in [-0.39, 0.29) is 33.5 Å². The lowest BCUT2D eigenvalue weighted by atomic mass is 10.1. The molecule has 0 aliphatic carbocycles. The molecule has 1 unspecified atom stereocenters. The fourth-order valence-electron chi connectivity index (χ4n) is 2.78. The Bertz CT molecular complexity index is 1370. The van der Waals surface area contributed by atoms with Crippen LogP contribution in [0.25, 0.3) is 10.1 Å². The van der Waals surface area contributed by atoms with Crippen molar-refractivity contribution in [2.75, 3.05) is 13.2 Å². The van der Waals surface area contributed by atoms with E-state index in [4.69, 9.17) is 27.3 Å². The van der Waals surface area contributed by atoms with E-state index >= 15 is 0 Å². The fraction of sp³-hybridized carbons (Fsp3) is 0.167. The van der Waals surface area contributed by atoms with Gasteiger partial charge in [0.2, 0.25) is 0 Å². The van der Waals surface area contributed by atoms with Gasteiger partial charge in [-0.15, -0.1) is 11.3 Å². The first kappa shape index (κ1) is 24.6. The van der Waals surface area contributed by atoms with Crippen LogP contribution in [0.5, 0.6) is 5.75 Å². The van der Waals surface area contributed by atoms with Gasteiger partial charge in [-0.1, -0.05) is 17.7 Å². The molecule has 1 heterocycles. The summed E-state index contributed by atoms with van der Waals surface area (Å²) >= 11 is 7.12. The first-order valence-corrected chi connectivity index (χ1v) is 13.2. The van der Waals surface area contributed by atoms with E-state index in [1.165, 1.54) is 6.07 Å². The van der Waals surface area contributed by atoms with Crippen molar-refractivity contribution < 1.29 is 31.9 Å². The van der Waals surface area contributed by atoms with Gasteiger partial charge < -0.3 is 20.3 Å².